The summed E-state index contributed by atoms with van der Waals surface area (Å²) >= 11 is 0. The quantitative estimate of drug-likeness (QED) is 0.657. The van der Waals surface area contributed by atoms with Crippen molar-refractivity contribution in [2.24, 2.45) is 5.92 Å². The molecule has 2 heterocycles. The predicted molar refractivity (Wildman–Crippen MR) is 107 cm³/mol. The first-order valence-corrected chi connectivity index (χ1v) is 10.1. The molecule has 0 aromatic carbocycles. The van der Waals surface area contributed by atoms with E-state index in [9.17, 15) is 9.59 Å². The summed E-state index contributed by atoms with van der Waals surface area (Å²) in [4.78, 5) is 31.4. The molecule has 28 heavy (non-hydrogen) atoms. The van der Waals surface area contributed by atoms with E-state index >= 15 is 0 Å². The first-order valence-electron chi connectivity index (χ1n) is 10.1. The van der Waals surface area contributed by atoms with Crippen LogP contribution in [0.4, 0.5) is 10.6 Å². The normalized spacial score (nSPS) is 24.8. The minimum absolute atomic E-state index is 0.0828. The van der Waals surface area contributed by atoms with Crippen LogP contribution in [0.3, 0.4) is 0 Å². The minimum atomic E-state index is -0.559. The van der Waals surface area contributed by atoms with Crippen molar-refractivity contribution in [3.05, 3.63) is 23.9 Å². The third-order valence-electron chi connectivity index (χ3n) is 5.37. The fourth-order valence-corrected chi connectivity index (χ4v) is 4.18. The van der Waals surface area contributed by atoms with Crippen molar-refractivity contribution >= 4 is 17.9 Å². The highest BCUT2D eigenvalue weighted by atomic mass is 16.6. The lowest BCUT2D eigenvalue weighted by Gasteiger charge is -2.37. The average Bonchev–Trinajstić information content (AvgIpc) is 2.87. The minimum Gasteiger partial charge on any atom is -0.460 e. The van der Waals surface area contributed by atoms with Gasteiger partial charge in [-0.1, -0.05) is 6.07 Å². The summed E-state index contributed by atoms with van der Waals surface area (Å²) in [5, 5.41) is 0. The third kappa shape index (κ3) is 4.31. The number of amides is 1. The van der Waals surface area contributed by atoms with E-state index in [0.29, 0.717) is 12.4 Å². The summed E-state index contributed by atoms with van der Waals surface area (Å²) in [6, 6.07) is 3.97. The second-order valence-electron chi connectivity index (χ2n) is 10.0. The van der Waals surface area contributed by atoms with Crippen LogP contribution in [0.25, 0.3) is 0 Å². The summed E-state index contributed by atoms with van der Waals surface area (Å²) in [7, 11) is 0. The Labute approximate surface area is 167 Å². The highest BCUT2D eigenvalue weighted by molar-refractivity contribution is 5.90. The van der Waals surface area contributed by atoms with Crippen molar-refractivity contribution < 1.29 is 19.1 Å². The number of ether oxygens (including phenoxy) is 2. The van der Waals surface area contributed by atoms with E-state index < -0.39 is 11.2 Å². The molecular weight excluding hydrogens is 356 g/mol. The van der Waals surface area contributed by atoms with Gasteiger partial charge in [0.15, 0.2) is 0 Å². The van der Waals surface area contributed by atoms with E-state index in [1.54, 1.807) is 11.1 Å². The van der Waals surface area contributed by atoms with Gasteiger partial charge in [-0.05, 0) is 73.3 Å². The number of anilines is 1. The Balaban J connectivity index is 1.77. The fraction of sp³-hybridized carbons (Fsp3) is 0.682. The number of aromatic nitrogens is 1. The molecule has 6 nitrogen and oxygen atoms in total. The van der Waals surface area contributed by atoms with Crippen LogP contribution >= 0.6 is 0 Å². The second-order valence-corrected chi connectivity index (χ2v) is 10.0. The largest absolute Gasteiger partial charge is 0.460 e. The van der Waals surface area contributed by atoms with Gasteiger partial charge in [0, 0.05) is 23.7 Å². The van der Waals surface area contributed by atoms with Crippen LogP contribution in [0.5, 0.6) is 0 Å². The molecular formula is C22H32N2O4. The lowest BCUT2D eigenvalue weighted by atomic mass is 9.68. The van der Waals surface area contributed by atoms with Gasteiger partial charge in [-0.3, -0.25) is 9.69 Å². The van der Waals surface area contributed by atoms with Gasteiger partial charge < -0.3 is 9.47 Å². The van der Waals surface area contributed by atoms with Crippen LogP contribution < -0.4 is 4.90 Å². The highest BCUT2D eigenvalue weighted by Gasteiger charge is 2.49. The van der Waals surface area contributed by atoms with Crippen LogP contribution in [0.2, 0.25) is 0 Å². The molecule has 2 aliphatic rings. The summed E-state index contributed by atoms with van der Waals surface area (Å²) in [5.74, 6) is 0.490. The first-order chi connectivity index (χ1) is 12.9. The number of esters is 1. The van der Waals surface area contributed by atoms with Crippen molar-refractivity contribution in [2.45, 2.75) is 83.8 Å². The van der Waals surface area contributed by atoms with E-state index in [0.717, 1.165) is 31.2 Å². The van der Waals surface area contributed by atoms with E-state index in [4.69, 9.17) is 9.47 Å². The van der Waals surface area contributed by atoms with Crippen molar-refractivity contribution in [3.8, 4) is 0 Å². The molecule has 3 rings (SSSR count). The molecule has 1 aliphatic heterocycles. The second kappa shape index (κ2) is 7.05. The molecule has 6 heteroatoms. The highest BCUT2D eigenvalue weighted by Crippen LogP contribution is 2.50. The van der Waals surface area contributed by atoms with Crippen molar-refractivity contribution in [3.63, 3.8) is 0 Å². The van der Waals surface area contributed by atoms with Gasteiger partial charge >= 0.3 is 12.1 Å². The Kier molecular flexibility index (Phi) is 5.19. The topological polar surface area (TPSA) is 68.7 Å². The van der Waals surface area contributed by atoms with Crippen LogP contribution in [-0.2, 0) is 19.7 Å². The number of carbonyl (C=O) groups excluding carboxylic acids is 2. The number of pyridine rings is 1. The Bertz CT molecular complexity index is 753. The van der Waals surface area contributed by atoms with Gasteiger partial charge in [0.05, 0.1) is 5.92 Å². The summed E-state index contributed by atoms with van der Waals surface area (Å²) in [6.07, 6.45) is 4.51. The number of rotatable bonds is 1. The lowest BCUT2D eigenvalue weighted by Crippen LogP contribution is -2.43. The number of hydrogen-bond acceptors (Lipinski definition) is 5. The Morgan fingerprint density at radius 3 is 2.25 bits per heavy atom. The number of nitrogens with zero attached hydrogens (tertiary/aromatic N) is 2. The zero-order valence-electron chi connectivity index (χ0n) is 17.9. The van der Waals surface area contributed by atoms with Gasteiger partial charge in [-0.2, -0.15) is 0 Å². The van der Waals surface area contributed by atoms with Gasteiger partial charge in [0.25, 0.3) is 0 Å². The average molecular weight is 389 g/mol. The van der Waals surface area contributed by atoms with E-state index in [2.05, 4.69) is 11.1 Å². The number of fused-ring (bicyclic) bond motifs is 2. The van der Waals surface area contributed by atoms with Gasteiger partial charge in [-0.25, -0.2) is 9.78 Å². The third-order valence-corrected chi connectivity index (χ3v) is 5.37. The molecule has 0 saturated heterocycles. The van der Waals surface area contributed by atoms with Crippen molar-refractivity contribution in [2.75, 3.05) is 11.4 Å². The van der Waals surface area contributed by atoms with Crippen molar-refractivity contribution in [1.29, 1.82) is 0 Å². The zero-order valence-corrected chi connectivity index (χ0v) is 17.9. The SMILES string of the molecule is CC(C)(C)OC(=O)C1CCC2(CC1)CN(C(=O)OC(C)(C)C)c1ncccc12. The molecule has 1 aromatic heterocycles. The lowest BCUT2D eigenvalue weighted by molar-refractivity contribution is -0.161. The maximum Gasteiger partial charge on any atom is 0.416 e. The molecule has 1 saturated carbocycles. The molecule has 1 aromatic rings. The molecule has 1 fully saturated rings. The maximum atomic E-state index is 12.8. The number of hydrogen-bond donors (Lipinski definition) is 0. The molecule has 1 spiro atoms. The van der Waals surface area contributed by atoms with Crippen LogP contribution in [0, 0.1) is 5.92 Å². The molecule has 0 unspecified atom stereocenters. The molecule has 1 aliphatic carbocycles. The van der Waals surface area contributed by atoms with Crippen molar-refractivity contribution in [1.82, 2.24) is 4.98 Å². The van der Waals surface area contributed by atoms with Gasteiger partial charge in [0.1, 0.15) is 17.0 Å². The van der Waals surface area contributed by atoms with E-state index in [1.165, 1.54) is 0 Å². The van der Waals surface area contributed by atoms with Gasteiger partial charge in [-0.15, -0.1) is 0 Å². The predicted octanol–water partition coefficient (Wildman–Crippen LogP) is 4.61. The van der Waals surface area contributed by atoms with E-state index in [-0.39, 0.29) is 23.4 Å². The number of carbonyl (C=O) groups is 2. The molecule has 154 valence electrons. The Morgan fingerprint density at radius 2 is 1.68 bits per heavy atom. The fourth-order valence-electron chi connectivity index (χ4n) is 4.18. The van der Waals surface area contributed by atoms with E-state index in [1.807, 2.05) is 47.6 Å². The molecule has 0 atom stereocenters. The Hall–Kier alpha value is -2.11. The van der Waals surface area contributed by atoms with Crippen LogP contribution in [0.15, 0.2) is 18.3 Å². The smallest absolute Gasteiger partial charge is 0.416 e. The molecule has 0 bridgehead atoms. The zero-order chi connectivity index (χ0) is 20.7. The summed E-state index contributed by atoms with van der Waals surface area (Å²) in [6.45, 7) is 11.8. The molecule has 0 N–H and O–H groups in total. The van der Waals surface area contributed by atoms with Crippen LogP contribution in [0.1, 0.15) is 72.8 Å². The first kappa shape index (κ1) is 20.6. The maximum absolute atomic E-state index is 12.8. The molecule has 1 amide bonds. The molecule has 0 radical (unpaired) electrons. The monoisotopic (exact) mass is 388 g/mol. The van der Waals surface area contributed by atoms with Crippen LogP contribution in [-0.4, -0.2) is 34.8 Å². The van der Waals surface area contributed by atoms with Gasteiger partial charge in [0.2, 0.25) is 0 Å². The standard InChI is InChI=1S/C22H32N2O4/c1-20(2,3)27-18(25)15-9-11-22(12-10-15)14-24(19(26)28-21(4,5)6)17-16(22)8-7-13-23-17/h7-8,13,15H,9-12,14H2,1-6H3. The summed E-state index contributed by atoms with van der Waals surface area (Å²) in [5.41, 5.74) is -0.109. The summed E-state index contributed by atoms with van der Waals surface area (Å²) < 4.78 is 11.2. The Morgan fingerprint density at radius 1 is 1.07 bits per heavy atom.